The van der Waals surface area contributed by atoms with Crippen molar-refractivity contribution in [2.75, 3.05) is 32.8 Å². The molecule has 0 aromatic carbocycles. The van der Waals surface area contributed by atoms with Gasteiger partial charge in [0, 0.05) is 25.7 Å². The predicted octanol–water partition coefficient (Wildman–Crippen LogP) is 0.223. The van der Waals surface area contributed by atoms with Gasteiger partial charge in [0.05, 0.1) is 19.3 Å². The standard InChI is InChI=1S/C15H27N3O3/c1-11(2)16-13-5-4-6-18(15(13)20)12(3)14(19)17-7-9-21-10-8-17/h11-13,16H,4-10H2,1-3H3. The van der Waals surface area contributed by atoms with Crippen LogP contribution in [0.3, 0.4) is 0 Å². The Balaban J connectivity index is 1.98. The second kappa shape index (κ2) is 7.22. The molecule has 2 aliphatic rings. The van der Waals surface area contributed by atoms with E-state index in [0.717, 1.165) is 12.8 Å². The van der Waals surface area contributed by atoms with E-state index in [2.05, 4.69) is 5.32 Å². The number of ether oxygens (including phenoxy) is 1. The smallest absolute Gasteiger partial charge is 0.245 e. The van der Waals surface area contributed by atoms with Gasteiger partial charge in [0.15, 0.2) is 0 Å². The Morgan fingerprint density at radius 3 is 2.52 bits per heavy atom. The van der Waals surface area contributed by atoms with Gasteiger partial charge >= 0.3 is 0 Å². The summed E-state index contributed by atoms with van der Waals surface area (Å²) in [6.45, 7) is 9.01. The van der Waals surface area contributed by atoms with Crippen LogP contribution in [0.1, 0.15) is 33.6 Å². The van der Waals surface area contributed by atoms with Crippen molar-refractivity contribution in [2.45, 2.75) is 51.7 Å². The van der Waals surface area contributed by atoms with E-state index in [-0.39, 0.29) is 29.9 Å². The lowest BCUT2D eigenvalue weighted by Gasteiger charge is -2.39. The summed E-state index contributed by atoms with van der Waals surface area (Å²) in [6.07, 6.45) is 1.79. The summed E-state index contributed by atoms with van der Waals surface area (Å²) in [5.74, 6) is 0.0981. The number of carbonyl (C=O) groups excluding carboxylic acids is 2. The highest BCUT2D eigenvalue weighted by molar-refractivity contribution is 5.90. The Labute approximate surface area is 126 Å². The van der Waals surface area contributed by atoms with Crippen LogP contribution in [0, 0.1) is 0 Å². The minimum Gasteiger partial charge on any atom is -0.378 e. The number of morpholine rings is 1. The second-order valence-electron chi connectivity index (χ2n) is 6.16. The molecule has 2 atom stereocenters. The number of rotatable bonds is 4. The van der Waals surface area contributed by atoms with E-state index in [4.69, 9.17) is 4.74 Å². The summed E-state index contributed by atoms with van der Waals surface area (Å²) in [4.78, 5) is 28.6. The Bertz CT molecular complexity index is 380. The highest BCUT2D eigenvalue weighted by atomic mass is 16.5. The fraction of sp³-hybridized carbons (Fsp3) is 0.867. The van der Waals surface area contributed by atoms with Crippen LogP contribution in [0.15, 0.2) is 0 Å². The molecule has 120 valence electrons. The maximum atomic E-state index is 12.6. The van der Waals surface area contributed by atoms with E-state index in [9.17, 15) is 9.59 Å². The molecule has 0 saturated carbocycles. The molecular weight excluding hydrogens is 270 g/mol. The number of hydrogen-bond donors (Lipinski definition) is 1. The number of nitrogens with zero attached hydrogens (tertiary/aromatic N) is 2. The molecule has 2 heterocycles. The molecule has 2 saturated heterocycles. The van der Waals surface area contributed by atoms with E-state index in [1.165, 1.54) is 0 Å². The van der Waals surface area contributed by atoms with Crippen LogP contribution in [-0.2, 0) is 14.3 Å². The summed E-state index contributed by atoms with van der Waals surface area (Å²) in [5.41, 5.74) is 0. The zero-order chi connectivity index (χ0) is 15.4. The van der Waals surface area contributed by atoms with Gasteiger partial charge in [0.1, 0.15) is 6.04 Å². The Morgan fingerprint density at radius 1 is 1.24 bits per heavy atom. The molecule has 6 nitrogen and oxygen atoms in total. The van der Waals surface area contributed by atoms with Gasteiger partial charge in [0.2, 0.25) is 11.8 Å². The van der Waals surface area contributed by atoms with Gasteiger partial charge in [-0.1, -0.05) is 13.8 Å². The average Bonchev–Trinajstić information content (AvgIpc) is 2.48. The largest absolute Gasteiger partial charge is 0.378 e. The van der Waals surface area contributed by atoms with Crippen LogP contribution >= 0.6 is 0 Å². The molecule has 0 aliphatic carbocycles. The summed E-state index contributed by atoms with van der Waals surface area (Å²) < 4.78 is 5.27. The van der Waals surface area contributed by atoms with E-state index in [1.807, 2.05) is 20.8 Å². The van der Waals surface area contributed by atoms with Crippen LogP contribution in [0.25, 0.3) is 0 Å². The van der Waals surface area contributed by atoms with Crippen molar-refractivity contribution < 1.29 is 14.3 Å². The minimum absolute atomic E-state index is 0.0387. The molecule has 2 fully saturated rings. The fourth-order valence-electron chi connectivity index (χ4n) is 3.02. The molecule has 0 bridgehead atoms. The zero-order valence-electron chi connectivity index (χ0n) is 13.3. The molecule has 2 rings (SSSR count). The van der Waals surface area contributed by atoms with Gasteiger partial charge in [-0.2, -0.15) is 0 Å². The molecule has 21 heavy (non-hydrogen) atoms. The predicted molar refractivity (Wildman–Crippen MR) is 79.9 cm³/mol. The molecule has 0 spiro atoms. The third-order valence-corrected chi connectivity index (χ3v) is 4.16. The molecule has 0 radical (unpaired) electrons. The molecule has 0 aromatic rings. The van der Waals surface area contributed by atoms with Crippen LogP contribution in [-0.4, -0.2) is 72.6 Å². The SMILES string of the molecule is CC(C)NC1CCCN(C(C)C(=O)N2CCOCC2)C1=O. The van der Waals surface area contributed by atoms with E-state index < -0.39 is 0 Å². The molecule has 2 aliphatic heterocycles. The topological polar surface area (TPSA) is 61.9 Å². The first kappa shape index (κ1) is 16.2. The average molecular weight is 297 g/mol. The van der Waals surface area contributed by atoms with Crippen LogP contribution in [0.2, 0.25) is 0 Å². The molecule has 6 heteroatoms. The fourth-order valence-corrected chi connectivity index (χ4v) is 3.02. The first-order valence-corrected chi connectivity index (χ1v) is 7.93. The number of likely N-dealkylation sites (tertiary alicyclic amines) is 1. The highest BCUT2D eigenvalue weighted by Crippen LogP contribution is 2.17. The number of amides is 2. The van der Waals surface area contributed by atoms with Crippen molar-refractivity contribution in [1.29, 1.82) is 0 Å². The van der Waals surface area contributed by atoms with Gasteiger partial charge in [-0.3, -0.25) is 9.59 Å². The van der Waals surface area contributed by atoms with Gasteiger partial charge in [0.25, 0.3) is 0 Å². The van der Waals surface area contributed by atoms with Crippen LogP contribution in [0.5, 0.6) is 0 Å². The minimum atomic E-state index is -0.382. The highest BCUT2D eigenvalue weighted by Gasteiger charge is 2.36. The number of hydrogen-bond acceptors (Lipinski definition) is 4. The van der Waals surface area contributed by atoms with Crippen LogP contribution < -0.4 is 5.32 Å². The Morgan fingerprint density at radius 2 is 1.90 bits per heavy atom. The van der Waals surface area contributed by atoms with Gasteiger partial charge in [-0.25, -0.2) is 0 Å². The summed E-state index contributed by atoms with van der Waals surface area (Å²) in [6, 6.07) is -0.268. The van der Waals surface area contributed by atoms with Gasteiger partial charge in [-0.15, -0.1) is 0 Å². The second-order valence-corrected chi connectivity index (χ2v) is 6.16. The van der Waals surface area contributed by atoms with Gasteiger partial charge < -0.3 is 19.9 Å². The maximum absolute atomic E-state index is 12.6. The lowest BCUT2D eigenvalue weighted by Crippen LogP contribution is -2.59. The summed E-state index contributed by atoms with van der Waals surface area (Å²) in [5, 5.41) is 3.30. The van der Waals surface area contributed by atoms with Gasteiger partial charge in [-0.05, 0) is 19.8 Å². The van der Waals surface area contributed by atoms with Crippen molar-refractivity contribution in [1.82, 2.24) is 15.1 Å². The molecule has 0 aromatic heterocycles. The molecule has 2 unspecified atom stereocenters. The van der Waals surface area contributed by atoms with Crippen molar-refractivity contribution >= 4 is 11.8 Å². The van der Waals surface area contributed by atoms with Crippen molar-refractivity contribution in [3.63, 3.8) is 0 Å². The Kier molecular flexibility index (Phi) is 5.58. The van der Waals surface area contributed by atoms with Crippen molar-refractivity contribution in [3.05, 3.63) is 0 Å². The van der Waals surface area contributed by atoms with E-state index in [1.54, 1.807) is 9.80 Å². The molecular formula is C15H27N3O3. The normalized spacial score (nSPS) is 25.3. The maximum Gasteiger partial charge on any atom is 0.245 e. The summed E-state index contributed by atoms with van der Waals surface area (Å²) >= 11 is 0. The lowest BCUT2D eigenvalue weighted by molar-refractivity contribution is -0.150. The number of piperidine rings is 1. The quantitative estimate of drug-likeness (QED) is 0.806. The lowest BCUT2D eigenvalue weighted by atomic mass is 10.0. The third kappa shape index (κ3) is 3.95. The molecule has 2 amide bonds. The van der Waals surface area contributed by atoms with Crippen molar-refractivity contribution in [3.8, 4) is 0 Å². The number of nitrogens with one attached hydrogen (secondary N) is 1. The van der Waals surface area contributed by atoms with E-state index in [0.29, 0.717) is 32.8 Å². The van der Waals surface area contributed by atoms with Crippen molar-refractivity contribution in [2.24, 2.45) is 0 Å². The van der Waals surface area contributed by atoms with E-state index >= 15 is 0 Å². The first-order chi connectivity index (χ1) is 10.0. The third-order valence-electron chi connectivity index (χ3n) is 4.16. The van der Waals surface area contributed by atoms with Crippen LogP contribution in [0.4, 0.5) is 0 Å². The first-order valence-electron chi connectivity index (χ1n) is 7.93. The zero-order valence-corrected chi connectivity index (χ0v) is 13.3. The number of carbonyl (C=O) groups is 2. The molecule has 1 N–H and O–H groups in total. The summed E-state index contributed by atoms with van der Waals surface area (Å²) in [7, 11) is 0. The monoisotopic (exact) mass is 297 g/mol. The Hall–Kier alpha value is -1.14.